The maximum atomic E-state index is 11.8. The number of ether oxygens (including phenoxy) is 1. The van der Waals surface area contributed by atoms with Gasteiger partial charge >= 0.3 is 5.97 Å². The lowest BCUT2D eigenvalue weighted by molar-refractivity contribution is -0.143. The van der Waals surface area contributed by atoms with E-state index in [-0.39, 0.29) is 11.4 Å². The van der Waals surface area contributed by atoms with Crippen LogP contribution in [0.25, 0.3) is 6.08 Å². The van der Waals surface area contributed by atoms with Crippen molar-refractivity contribution in [1.82, 2.24) is 5.32 Å². The van der Waals surface area contributed by atoms with E-state index in [0.29, 0.717) is 17.1 Å². The number of anilines is 2. The highest BCUT2D eigenvalue weighted by Crippen LogP contribution is 2.20. The molecule has 166 valence electrons. The zero-order chi connectivity index (χ0) is 23.0. The first kappa shape index (κ1) is 22.8. The van der Waals surface area contributed by atoms with Crippen molar-refractivity contribution in [1.29, 1.82) is 0 Å². The number of rotatable bonds is 9. The number of benzene rings is 2. The molecular weight excluding hydrogens is 434 g/mol. The molecule has 0 unspecified atom stereocenters. The fourth-order valence-electron chi connectivity index (χ4n) is 2.59. The molecule has 3 aromatic rings. The molecule has 0 spiro atoms. The van der Waals surface area contributed by atoms with E-state index < -0.39 is 28.5 Å². The number of sulfonamides is 1. The molecule has 3 rings (SSSR count). The van der Waals surface area contributed by atoms with Gasteiger partial charge in [0, 0.05) is 17.5 Å². The molecule has 0 saturated carbocycles. The smallest absolute Gasteiger partial charge is 0.331 e. The van der Waals surface area contributed by atoms with Gasteiger partial charge in [-0.1, -0.05) is 18.2 Å². The molecule has 0 aliphatic carbocycles. The minimum absolute atomic E-state index is 0.00946. The van der Waals surface area contributed by atoms with Gasteiger partial charge in [-0.05, 0) is 54.1 Å². The van der Waals surface area contributed by atoms with Gasteiger partial charge in [0.1, 0.15) is 5.76 Å². The molecule has 1 heterocycles. The number of furan rings is 1. The minimum atomic E-state index is -3.79. The zero-order valence-corrected chi connectivity index (χ0v) is 17.7. The number of nitrogens with one attached hydrogen (secondary N) is 2. The summed E-state index contributed by atoms with van der Waals surface area (Å²) in [5.41, 5.74) is 2.01. The molecule has 0 fully saturated rings. The summed E-state index contributed by atoms with van der Waals surface area (Å²) in [6.07, 6.45) is 4.27. The molecule has 0 atom stereocenters. The Balaban J connectivity index is 1.47. The lowest BCUT2D eigenvalue weighted by Gasteiger charge is -2.08. The predicted molar refractivity (Wildman–Crippen MR) is 118 cm³/mol. The Morgan fingerprint density at radius 2 is 1.81 bits per heavy atom. The average molecular weight is 455 g/mol. The van der Waals surface area contributed by atoms with E-state index in [2.05, 4.69) is 10.6 Å². The molecule has 10 heteroatoms. The number of nitrogens with two attached hydrogens (primary N) is 1. The van der Waals surface area contributed by atoms with Crippen LogP contribution < -0.4 is 15.8 Å². The quantitative estimate of drug-likeness (QED) is 0.333. The van der Waals surface area contributed by atoms with Gasteiger partial charge in [0.25, 0.3) is 5.91 Å². The van der Waals surface area contributed by atoms with E-state index in [1.165, 1.54) is 24.5 Å². The average Bonchev–Trinajstić information content (AvgIpc) is 3.29. The molecule has 0 saturated heterocycles. The second-order valence-electron chi connectivity index (χ2n) is 6.62. The maximum Gasteiger partial charge on any atom is 0.331 e. The van der Waals surface area contributed by atoms with E-state index >= 15 is 0 Å². The van der Waals surface area contributed by atoms with Gasteiger partial charge in [-0.2, -0.15) is 0 Å². The molecule has 2 aromatic carbocycles. The lowest BCUT2D eigenvalue weighted by Crippen LogP contribution is -2.27. The highest BCUT2D eigenvalue weighted by atomic mass is 32.2. The van der Waals surface area contributed by atoms with Crippen molar-refractivity contribution in [2.75, 3.05) is 11.9 Å². The highest BCUT2D eigenvalue weighted by Gasteiger charge is 2.08. The van der Waals surface area contributed by atoms with E-state index in [9.17, 15) is 18.0 Å². The van der Waals surface area contributed by atoms with Gasteiger partial charge in [-0.3, -0.25) is 4.79 Å². The van der Waals surface area contributed by atoms with Crippen LogP contribution in [0.5, 0.6) is 0 Å². The molecule has 32 heavy (non-hydrogen) atoms. The SMILES string of the molecule is NS(=O)(=O)c1cccc(Nc2ccc(C=CC(=O)OCC(=O)NCc3ccco3)cc2)c1. The predicted octanol–water partition coefficient (Wildman–Crippen LogP) is 2.54. The molecule has 0 bridgehead atoms. The third kappa shape index (κ3) is 7.11. The molecule has 0 radical (unpaired) electrons. The maximum absolute atomic E-state index is 11.8. The van der Waals surface area contributed by atoms with Crippen LogP contribution in [0.15, 0.2) is 82.3 Å². The monoisotopic (exact) mass is 455 g/mol. The number of amides is 1. The summed E-state index contributed by atoms with van der Waals surface area (Å²) in [5.74, 6) is -0.495. The molecule has 1 amide bonds. The van der Waals surface area contributed by atoms with Crippen molar-refractivity contribution in [3.63, 3.8) is 0 Å². The first-order valence-electron chi connectivity index (χ1n) is 9.43. The van der Waals surface area contributed by atoms with Gasteiger partial charge in [-0.25, -0.2) is 18.4 Å². The first-order valence-corrected chi connectivity index (χ1v) is 11.0. The number of primary sulfonamides is 1. The van der Waals surface area contributed by atoms with Crippen molar-refractivity contribution in [2.45, 2.75) is 11.4 Å². The van der Waals surface area contributed by atoms with Crippen molar-refractivity contribution in [3.05, 3.63) is 84.3 Å². The largest absolute Gasteiger partial charge is 0.467 e. The standard InChI is InChI=1S/C22H21N3O6S/c23-32(28,29)20-5-1-3-18(13-20)25-17-9-6-16(7-10-17)8-11-22(27)31-15-21(26)24-14-19-4-2-12-30-19/h1-13,25H,14-15H2,(H,24,26)(H2,23,28,29). The van der Waals surface area contributed by atoms with E-state index in [1.807, 2.05) is 0 Å². The summed E-state index contributed by atoms with van der Waals surface area (Å²) in [6, 6.07) is 16.6. The van der Waals surface area contributed by atoms with E-state index in [4.69, 9.17) is 14.3 Å². The Bertz CT molecular complexity index is 1200. The summed E-state index contributed by atoms with van der Waals surface area (Å²) < 4.78 is 32.9. The number of carbonyl (C=O) groups excluding carboxylic acids is 2. The molecule has 4 N–H and O–H groups in total. The summed E-state index contributed by atoms with van der Waals surface area (Å²) in [6.45, 7) is -0.184. The summed E-state index contributed by atoms with van der Waals surface area (Å²) in [4.78, 5) is 23.5. The normalized spacial score (nSPS) is 11.3. The van der Waals surface area contributed by atoms with Crippen molar-refractivity contribution >= 4 is 39.4 Å². The minimum Gasteiger partial charge on any atom is -0.467 e. The van der Waals surface area contributed by atoms with Gasteiger partial charge in [-0.15, -0.1) is 0 Å². The first-order chi connectivity index (χ1) is 15.3. The Kier molecular flexibility index (Phi) is 7.42. The van der Waals surface area contributed by atoms with E-state index in [0.717, 1.165) is 5.56 Å². The highest BCUT2D eigenvalue weighted by molar-refractivity contribution is 7.89. The number of carbonyl (C=O) groups is 2. The third-order valence-electron chi connectivity index (χ3n) is 4.16. The van der Waals surface area contributed by atoms with Gasteiger partial charge in [0.05, 0.1) is 17.7 Å². The van der Waals surface area contributed by atoms with E-state index in [1.54, 1.807) is 54.6 Å². The second-order valence-corrected chi connectivity index (χ2v) is 8.18. The van der Waals surface area contributed by atoms with Crippen molar-refractivity contribution < 1.29 is 27.2 Å². The molecular formula is C22H21N3O6S. The van der Waals surface area contributed by atoms with Gasteiger partial charge in [0.2, 0.25) is 10.0 Å². The molecule has 1 aromatic heterocycles. The van der Waals surface area contributed by atoms with Crippen LogP contribution in [0.4, 0.5) is 11.4 Å². The Hall–Kier alpha value is -3.89. The van der Waals surface area contributed by atoms with Crippen molar-refractivity contribution in [3.8, 4) is 0 Å². The van der Waals surface area contributed by atoms with Crippen LogP contribution in [0, 0.1) is 0 Å². The van der Waals surface area contributed by atoms with Crippen LogP contribution in [-0.2, 0) is 30.9 Å². The zero-order valence-electron chi connectivity index (χ0n) is 16.9. The van der Waals surface area contributed by atoms with Crippen LogP contribution in [0.2, 0.25) is 0 Å². The summed E-state index contributed by atoms with van der Waals surface area (Å²) >= 11 is 0. The Morgan fingerprint density at radius 3 is 2.50 bits per heavy atom. The van der Waals surface area contributed by atoms with Gasteiger partial charge < -0.3 is 19.8 Å². The van der Waals surface area contributed by atoms with Gasteiger partial charge in [0.15, 0.2) is 6.61 Å². The molecule has 9 nitrogen and oxygen atoms in total. The fraction of sp³-hybridized carbons (Fsp3) is 0.0909. The Labute approximate surface area is 184 Å². The summed E-state index contributed by atoms with van der Waals surface area (Å²) in [7, 11) is -3.79. The lowest BCUT2D eigenvalue weighted by atomic mass is 10.2. The van der Waals surface area contributed by atoms with Crippen LogP contribution in [-0.4, -0.2) is 26.9 Å². The Morgan fingerprint density at radius 1 is 1.03 bits per heavy atom. The molecule has 0 aliphatic heterocycles. The van der Waals surface area contributed by atoms with Crippen LogP contribution >= 0.6 is 0 Å². The topological polar surface area (TPSA) is 141 Å². The van der Waals surface area contributed by atoms with Crippen molar-refractivity contribution in [2.24, 2.45) is 5.14 Å². The second kappa shape index (κ2) is 10.4. The van der Waals surface area contributed by atoms with Crippen LogP contribution in [0.3, 0.4) is 0 Å². The van der Waals surface area contributed by atoms with Crippen LogP contribution in [0.1, 0.15) is 11.3 Å². The number of hydrogen-bond donors (Lipinski definition) is 3. The molecule has 0 aliphatic rings. The summed E-state index contributed by atoms with van der Waals surface area (Å²) in [5, 5.41) is 10.8. The fourth-order valence-corrected chi connectivity index (χ4v) is 3.15. The number of esters is 1. The third-order valence-corrected chi connectivity index (χ3v) is 5.07. The number of hydrogen-bond acceptors (Lipinski definition) is 7.